The van der Waals surface area contributed by atoms with Crippen LogP contribution in [0.25, 0.3) is 10.4 Å². The average molecular weight is 215 g/mol. The fourth-order valence-electron chi connectivity index (χ4n) is 1.26. The maximum atomic E-state index is 9.54. The van der Waals surface area contributed by atoms with E-state index in [0.29, 0.717) is 0 Å². The Bertz CT molecular complexity index is 267. The number of aliphatic hydroxyl groups excluding tert-OH is 2. The minimum atomic E-state index is -1.23. The van der Waals surface area contributed by atoms with Gasteiger partial charge in [-0.1, -0.05) is 11.2 Å². The van der Waals surface area contributed by atoms with Crippen LogP contribution in [0.2, 0.25) is 0 Å². The summed E-state index contributed by atoms with van der Waals surface area (Å²) in [5.74, 6) is 0. The zero-order valence-corrected chi connectivity index (χ0v) is 8.06. The molecule has 0 spiro atoms. The van der Waals surface area contributed by atoms with E-state index in [2.05, 4.69) is 16.6 Å². The monoisotopic (exact) mass is 215 g/mol. The first-order valence-corrected chi connectivity index (χ1v) is 4.45. The lowest BCUT2D eigenvalue weighted by Gasteiger charge is -2.35. The van der Waals surface area contributed by atoms with Gasteiger partial charge in [-0.25, -0.2) is 0 Å². The van der Waals surface area contributed by atoms with E-state index in [0.717, 1.165) is 0 Å². The van der Waals surface area contributed by atoms with Gasteiger partial charge in [0.15, 0.2) is 6.29 Å². The molecule has 0 radical (unpaired) electrons. The minimum absolute atomic E-state index is 0.0180. The molecule has 1 heterocycles. The highest BCUT2D eigenvalue weighted by Gasteiger charge is 2.38. The van der Waals surface area contributed by atoms with Crippen molar-refractivity contribution in [1.82, 2.24) is 0 Å². The largest absolute Gasteiger partial charge is 0.390 e. The highest BCUT2D eigenvalue weighted by molar-refractivity contribution is 4.88. The summed E-state index contributed by atoms with van der Waals surface area (Å²) in [5, 5.41) is 22.4. The summed E-state index contributed by atoms with van der Waals surface area (Å²) < 4.78 is 10.1. The Morgan fingerprint density at radius 3 is 2.93 bits per heavy atom. The van der Waals surface area contributed by atoms with Crippen molar-refractivity contribution in [2.24, 2.45) is 5.11 Å². The fraction of sp³-hybridized carbons (Fsp3) is 0.750. The van der Waals surface area contributed by atoms with E-state index in [-0.39, 0.29) is 13.2 Å². The Balaban J connectivity index is 2.55. The molecule has 0 aromatic carbocycles. The first kappa shape index (κ1) is 12.0. The van der Waals surface area contributed by atoms with Gasteiger partial charge in [0.25, 0.3) is 0 Å². The Morgan fingerprint density at radius 2 is 2.33 bits per heavy atom. The molecular weight excluding hydrogens is 202 g/mol. The molecule has 4 atom stereocenters. The van der Waals surface area contributed by atoms with Crippen LogP contribution in [0.3, 0.4) is 0 Å². The van der Waals surface area contributed by atoms with Gasteiger partial charge in [0, 0.05) is 4.91 Å². The van der Waals surface area contributed by atoms with E-state index < -0.39 is 24.5 Å². The van der Waals surface area contributed by atoms with Crippen molar-refractivity contribution in [3.63, 3.8) is 0 Å². The molecule has 0 aliphatic carbocycles. The van der Waals surface area contributed by atoms with Crippen molar-refractivity contribution in [2.75, 3.05) is 13.2 Å². The molecule has 1 fully saturated rings. The zero-order valence-electron chi connectivity index (χ0n) is 8.06. The van der Waals surface area contributed by atoms with Crippen LogP contribution in [-0.4, -0.2) is 48.0 Å². The van der Waals surface area contributed by atoms with Crippen molar-refractivity contribution >= 4 is 0 Å². The van der Waals surface area contributed by atoms with Crippen molar-refractivity contribution < 1.29 is 19.7 Å². The molecule has 1 aliphatic heterocycles. The van der Waals surface area contributed by atoms with E-state index in [4.69, 9.17) is 15.0 Å². The molecule has 1 aliphatic rings. The van der Waals surface area contributed by atoms with Crippen LogP contribution in [0.5, 0.6) is 0 Å². The van der Waals surface area contributed by atoms with Crippen LogP contribution in [0, 0.1) is 0 Å². The van der Waals surface area contributed by atoms with E-state index in [9.17, 15) is 10.2 Å². The number of azide groups is 1. The molecule has 1 rings (SSSR count). The quantitative estimate of drug-likeness (QED) is 0.296. The topological polar surface area (TPSA) is 108 Å². The normalized spacial score (nSPS) is 35.6. The zero-order chi connectivity index (χ0) is 11.3. The SMILES string of the molecule is C=CCO[C@@H]1OC[C@H](N=[N+]=[N-])[C@H](O)[C@H]1O. The third-order valence-corrected chi connectivity index (χ3v) is 2.03. The summed E-state index contributed by atoms with van der Waals surface area (Å²) in [6, 6.07) is -0.784. The van der Waals surface area contributed by atoms with E-state index in [1.165, 1.54) is 6.08 Å². The van der Waals surface area contributed by atoms with Crippen molar-refractivity contribution in [1.29, 1.82) is 0 Å². The van der Waals surface area contributed by atoms with Gasteiger partial charge in [-0.05, 0) is 5.53 Å². The molecule has 15 heavy (non-hydrogen) atoms. The Labute approximate surface area is 86.5 Å². The van der Waals surface area contributed by atoms with E-state index in [1.54, 1.807) is 0 Å². The summed E-state index contributed by atoms with van der Waals surface area (Å²) >= 11 is 0. The van der Waals surface area contributed by atoms with Crippen LogP contribution in [-0.2, 0) is 9.47 Å². The molecule has 0 aromatic rings. The summed E-state index contributed by atoms with van der Waals surface area (Å²) in [4.78, 5) is 2.55. The maximum Gasteiger partial charge on any atom is 0.186 e. The van der Waals surface area contributed by atoms with Crippen molar-refractivity contribution in [3.8, 4) is 0 Å². The van der Waals surface area contributed by atoms with E-state index >= 15 is 0 Å². The second-order valence-electron chi connectivity index (χ2n) is 3.08. The van der Waals surface area contributed by atoms with Gasteiger partial charge in [-0.3, -0.25) is 0 Å². The second kappa shape index (κ2) is 5.69. The Kier molecular flexibility index (Phi) is 4.54. The summed E-state index contributed by atoms with van der Waals surface area (Å²) in [7, 11) is 0. The lowest BCUT2D eigenvalue weighted by Crippen LogP contribution is -2.53. The number of nitrogens with zero attached hydrogens (tertiary/aromatic N) is 3. The van der Waals surface area contributed by atoms with Crippen LogP contribution in [0.1, 0.15) is 0 Å². The highest BCUT2D eigenvalue weighted by atomic mass is 16.7. The van der Waals surface area contributed by atoms with Crippen molar-refractivity contribution in [3.05, 3.63) is 23.1 Å². The Morgan fingerprint density at radius 1 is 1.60 bits per heavy atom. The molecular formula is C8H13N3O4. The molecule has 7 nitrogen and oxygen atoms in total. The average Bonchev–Trinajstić information content (AvgIpc) is 2.24. The number of ether oxygens (including phenoxy) is 2. The maximum absolute atomic E-state index is 9.54. The van der Waals surface area contributed by atoms with Gasteiger partial charge in [-0.15, -0.1) is 6.58 Å². The van der Waals surface area contributed by atoms with Crippen LogP contribution in [0.4, 0.5) is 0 Å². The standard InChI is InChI=1S/C8H13N3O4/c1-2-3-14-8-7(13)6(12)5(4-15-8)10-11-9/h2,5-8,12-13H,1,3-4H2/t5-,6-,7+,8+/m0/s1. The lowest BCUT2D eigenvalue weighted by molar-refractivity contribution is -0.243. The summed E-state index contributed by atoms with van der Waals surface area (Å²) in [6.07, 6.45) is -1.82. The molecule has 0 amide bonds. The molecule has 0 saturated carbocycles. The summed E-state index contributed by atoms with van der Waals surface area (Å²) in [6.45, 7) is 3.67. The second-order valence-corrected chi connectivity index (χ2v) is 3.08. The highest BCUT2D eigenvalue weighted by Crippen LogP contribution is 2.18. The molecule has 0 unspecified atom stereocenters. The van der Waals surface area contributed by atoms with Crippen LogP contribution >= 0.6 is 0 Å². The number of hydrogen-bond acceptors (Lipinski definition) is 5. The van der Waals surface area contributed by atoms with Gasteiger partial charge >= 0.3 is 0 Å². The first-order chi connectivity index (χ1) is 7.20. The summed E-state index contributed by atoms with van der Waals surface area (Å²) in [5.41, 5.74) is 8.20. The van der Waals surface area contributed by atoms with Gasteiger partial charge in [0.05, 0.1) is 25.4 Å². The molecule has 2 N–H and O–H groups in total. The fourth-order valence-corrected chi connectivity index (χ4v) is 1.26. The van der Waals surface area contributed by atoms with Gasteiger partial charge in [0.1, 0.15) is 6.10 Å². The van der Waals surface area contributed by atoms with Crippen LogP contribution < -0.4 is 0 Å². The smallest absolute Gasteiger partial charge is 0.186 e. The number of rotatable bonds is 4. The third kappa shape index (κ3) is 2.92. The lowest BCUT2D eigenvalue weighted by atomic mass is 10.0. The third-order valence-electron chi connectivity index (χ3n) is 2.03. The molecule has 0 aromatic heterocycles. The number of aliphatic hydroxyl groups is 2. The Hall–Kier alpha value is -1.11. The molecule has 7 heteroatoms. The predicted octanol–water partition coefficient (Wildman–Crippen LogP) is -0.0540. The molecule has 0 bridgehead atoms. The predicted molar refractivity (Wildman–Crippen MR) is 50.8 cm³/mol. The minimum Gasteiger partial charge on any atom is -0.390 e. The number of hydrogen-bond donors (Lipinski definition) is 2. The first-order valence-electron chi connectivity index (χ1n) is 4.45. The van der Waals surface area contributed by atoms with Crippen molar-refractivity contribution in [2.45, 2.75) is 24.5 Å². The van der Waals surface area contributed by atoms with Gasteiger partial charge < -0.3 is 19.7 Å². The van der Waals surface area contributed by atoms with Gasteiger partial charge in [-0.2, -0.15) is 0 Å². The molecule has 84 valence electrons. The van der Waals surface area contributed by atoms with Gasteiger partial charge in [0.2, 0.25) is 0 Å². The molecule has 1 saturated heterocycles. The van der Waals surface area contributed by atoms with Crippen LogP contribution in [0.15, 0.2) is 17.8 Å². The van der Waals surface area contributed by atoms with E-state index in [1.807, 2.05) is 0 Å².